The lowest BCUT2D eigenvalue weighted by atomic mass is 10.1. The maximum atomic E-state index is 9.05. The van der Waals surface area contributed by atoms with Crippen molar-refractivity contribution in [1.82, 2.24) is 0 Å². The first-order chi connectivity index (χ1) is 4.16. The molecule has 2 heteroatoms. The highest BCUT2D eigenvalue weighted by molar-refractivity contribution is 6.25. The Kier molecular flexibility index (Phi) is 4.83. The number of hydrogen-bond acceptors (Lipinski definition) is 1. The average molecular weight is 149 g/mol. The highest BCUT2D eigenvalue weighted by Gasteiger charge is 2.00. The van der Waals surface area contributed by atoms with Crippen LogP contribution in [0.3, 0.4) is 0 Å². The Morgan fingerprint density at radius 3 is 2.44 bits per heavy atom. The van der Waals surface area contributed by atoms with E-state index in [1.54, 1.807) is 6.08 Å². The molecule has 0 fully saturated rings. The molecule has 0 saturated heterocycles. The summed E-state index contributed by atoms with van der Waals surface area (Å²) < 4.78 is 0. The van der Waals surface area contributed by atoms with Crippen LogP contribution in [-0.2, 0) is 0 Å². The van der Waals surface area contributed by atoms with Crippen LogP contribution in [0.25, 0.3) is 0 Å². The van der Waals surface area contributed by atoms with E-state index in [4.69, 9.17) is 16.7 Å². The van der Waals surface area contributed by atoms with Crippen molar-refractivity contribution in [3.63, 3.8) is 0 Å². The number of hydrogen-bond donors (Lipinski definition) is 1. The quantitative estimate of drug-likeness (QED) is 0.650. The lowest BCUT2D eigenvalue weighted by Gasteiger charge is -2.06. The molecule has 1 N–H and O–H groups in total. The highest BCUT2D eigenvalue weighted by atomic mass is 35.5. The van der Waals surface area contributed by atoms with Crippen LogP contribution in [0.4, 0.5) is 0 Å². The van der Waals surface area contributed by atoms with Gasteiger partial charge in [0.1, 0.15) is 0 Å². The Labute approximate surface area is 61.3 Å². The zero-order chi connectivity index (χ0) is 7.28. The molecule has 0 amide bonds. The first-order valence-corrected chi connectivity index (χ1v) is 3.55. The van der Waals surface area contributed by atoms with Gasteiger partial charge in [-0.3, -0.25) is 0 Å². The summed E-state index contributed by atoms with van der Waals surface area (Å²) in [5.74, 6) is 0.521. The van der Waals surface area contributed by atoms with E-state index < -0.39 is 0 Å². The van der Waals surface area contributed by atoms with Crippen LogP contribution < -0.4 is 0 Å². The average Bonchev–Trinajstić information content (AvgIpc) is 1.63. The summed E-state index contributed by atoms with van der Waals surface area (Å²) >= 11 is 5.24. The molecule has 1 nitrogen and oxygen atoms in total. The van der Waals surface area contributed by atoms with Crippen LogP contribution in [0.2, 0.25) is 0 Å². The van der Waals surface area contributed by atoms with Gasteiger partial charge in [0.05, 0.1) is 6.10 Å². The summed E-state index contributed by atoms with van der Waals surface area (Å²) in [5.41, 5.74) is 1.35. The number of aliphatic hydroxyl groups is 1. The Morgan fingerprint density at radius 1 is 1.56 bits per heavy atom. The fourth-order valence-corrected chi connectivity index (χ4v) is 0.813. The third kappa shape index (κ3) is 5.87. The van der Waals surface area contributed by atoms with E-state index in [-0.39, 0.29) is 6.10 Å². The molecular formula is C7H13ClO. The molecule has 0 heterocycles. The highest BCUT2D eigenvalue weighted by Crippen LogP contribution is 2.05. The van der Waals surface area contributed by atoms with E-state index >= 15 is 0 Å². The smallest absolute Gasteiger partial charge is 0.0734 e. The van der Waals surface area contributed by atoms with E-state index in [0.29, 0.717) is 5.92 Å². The van der Waals surface area contributed by atoms with Crippen molar-refractivity contribution in [3.05, 3.63) is 11.6 Å². The summed E-state index contributed by atoms with van der Waals surface area (Å²) in [6.45, 7) is 4.12. The minimum atomic E-state index is -0.373. The fraction of sp³-hybridized carbons (Fsp3) is 0.714. The summed E-state index contributed by atoms with van der Waals surface area (Å²) in [4.78, 5) is 0. The first-order valence-electron chi connectivity index (χ1n) is 3.11. The molecule has 0 bridgehead atoms. The van der Waals surface area contributed by atoms with Crippen molar-refractivity contribution >= 4 is 11.6 Å². The van der Waals surface area contributed by atoms with Crippen molar-refractivity contribution in [2.24, 2.45) is 5.92 Å². The topological polar surface area (TPSA) is 20.2 Å². The number of aliphatic hydroxyl groups excluding tert-OH is 1. The van der Waals surface area contributed by atoms with Crippen molar-refractivity contribution in [3.8, 4) is 0 Å². The Bertz CT molecular complexity index is 88.9. The molecule has 9 heavy (non-hydrogen) atoms. The van der Waals surface area contributed by atoms with E-state index in [1.807, 2.05) is 0 Å². The van der Waals surface area contributed by atoms with Gasteiger partial charge in [0.2, 0.25) is 0 Å². The minimum absolute atomic E-state index is 0.373. The minimum Gasteiger partial charge on any atom is -0.389 e. The monoisotopic (exact) mass is 148 g/mol. The van der Waals surface area contributed by atoms with Gasteiger partial charge in [-0.1, -0.05) is 25.4 Å². The van der Waals surface area contributed by atoms with Gasteiger partial charge >= 0.3 is 0 Å². The normalized spacial score (nSPS) is 15.2. The maximum absolute atomic E-state index is 9.05. The van der Waals surface area contributed by atoms with Crippen molar-refractivity contribution in [2.45, 2.75) is 26.4 Å². The molecule has 0 aromatic rings. The van der Waals surface area contributed by atoms with E-state index in [9.17, 15) is 0 Å². The van der Waals surface area contributed by atoms with Crippen LogP contribution in [0, 0.1) is 5.92 Å². The zero-order valence-corrected chi connectivity index (χ0v) is 6.60. The largest absolute Gasteiger partial charge is 0.389 e. The van der Waals surface area contributed by atoms with Crippen molar-refractivity contribution in [1.29, 1.82) is 0 Å². The predicted octanol–water partition coefficient (Wildman–Crippen LogP) is 2.15. The van der Waals surface area contributed by atoms with E-state index in [0.717, 1.165) is 6.42 Å². The molecule has 0 rings (SSSR count). The second kappa shape index (κ2) is 4.83. The Balaban J connectivity index is 3.38. The summed E-state index contributed by atoms with van der Waals surface area (Å²) in [6.07, 6.45) is 1.99. The molecule has 1 unspecified atom stereocenters. The molecule has 0 spiro atoms. The first kappa shape index (κ1) is 8.99. The van der Waals surface area contributed by atoms with Crippen molar-refractivity contribution < 1.29 is 5.11 Å². The Hall–Kier alpha value is -0.0100. The van der Waals surface area contributed by atoms with Gasteiger partial charge in [-0.05, 0) is 18.4 Å². The van der Waals surface area contributed by atoms with Gasteiger partial charge in [-0.25, -0.2) is 0 Å². The lowest BCUT2D eigenvalue weighted by molar-refractivity contribution is 0.195. The molecule has 0 radical (unpaired) electrons. The van der Waals surface area contributed by atoms with Crippen LogP contribution in [0.15, 0.2) is 11.6 Å². The van der Waals surface area contributed by atoms with E-state index in [2.05, 4.69) is 13.8 Å². The molecule has 1 atom stereocenters. The summed E-state index contributed by atoms with van der Waals surface area (Å²) in [6, 6.07) is 0. The van der Waals surface area contributed by atoms with Gasteiger partial charge in [0.15, 0.2) is 0 Å². The maximum Gasteiger partial charge on any atom is 0.0734 e. The third-order valence-electron chi connectivity index (χ3n) is 1.01. The molecule has 0 aromatic heterocycles. The summed E-state index contributed by atoms with van der Waals surface area (Å²) in [7, 11) is 0. The van der Waals surface area contributed by atoms with Gasteiger partial charge in [0.25, 0.3) is 0 Å². The van der Waals surface area contributed by atoms with Gasteiger partial charge in [0, 0.05) is 5.54 Å². The van der Waals surface area contributed by atoms with Gasteiger partial charge in [-0.15, -0.1) is 0 Å². The molecule has 54 valence electrons. The molecule has 0 aliphatic heterocycles. The lowest BCUT2D eigenvalue weighted by Crippen LogP contribution is -2.05. The van der Waals surface area contributed by atoms with Crippen LogP contribution in [-0.4, -0.2) is 11.2 Å². The summed E-state index contributed by atoms with van der Waals surface area (Å²) in [5, 5.41) is 9.05. The van der Waals surface area contributed by atoms with Gasteiger partial charge in [-0.2, -0.15) is 0 Å². The molecule has 0 saturated carbocycles. The molecule has 0 aromatic carbocycles. The van der Waals surface area contributed by atoms with Crippen molar-refractivity contribution in [2.75, 3.05) is 0 Å². The number of halogens is 1. The molecule has 0 aliphatic rings. The number of rotatable bonds is 3. The second-order valence-corrected chi connectivity index (χ2v) is 2.77. The standard InChI is InChI=1S/C7H13ClO/c1-6(2)5-7(9)3-4-8/h3-4,6-7,9H,5H2,1-2H3. The van der Waals surface area contributed by atoms with Crippen LogP contribution in [0.1, 0.15) is 20.3 Å². The second-order valence-electron chi connectivity index (χ2n) is 2.52. The zero-order valence-electron chi connectivity index (χ0n) is 5.84. The van der Waals surface area contributed by atoms with Crippen LogP contribution >= 0.6 is 11.6 Å². The molecule has 0 aliphatic carbocycles. The SMILES string of the molecule is CC(C)CC(O)C=CCl. The van der Waals surface area contributed by atoms with E-state index in [1.165, 1.54) is 5.54 Å². The molecular weight excluding hydrogens is 136 g/mol. The third-order valence-corrected chi connectivity index (χ3v) is 1.15. The Morgan fingerprint density at radius 2 is 2.11 bits per heavy atom. The van der Waals surface area contributed by atoms with Gasteiger partial charge < -0.3 is 5.11 Å². The van der Waals surface area contributed by atoms with Crippen LogP contribution in [0.5, 0.6) is 0 Å². The predicted molar refractivity (Wildman–Crippen MR) is 40.5 cm³/mol. The fourth-order valence-electron chi connectivity index (χ4n) is 0.646.